The van der Waals surface area contributed by atoms with Crippen molar-refractivity contribution in [2.75, 3.05) is 13.2 Å². The highest BCUT2D eigenvalue weighted by Gasteiger charge is 2.25. The molecule has 0 aromatic carbocycles. The fraction of sp³-hybridized carbons (Fsp3) is 0.923. The quantitative estimate of drug-likeness (QED) is 0.766. The van der Waals surface area contributed by atoms with Gasteiger partial charge in [-0.15, -0.1) is 0 Å². The zero-order chi connectivity index (χ0) is 12.9. The normalized spacial score (nSPS) is 22.5. The largest absolute Gasteiger partial charge is 0.378 e. The van der Waals surface area contributed by atoms with E-state index in [2.05, 4.69) is 26.1 Å². The Morgan fingerprint density at radius 1 is 1.53 bits per heavy atom. The summed E-state index contributed by atoms with van der Waals surface area (Å²) < 4.78 is 5.50. The van der Waals surface area contributed by atoms with Crippen molar-refractivity contribution >= 4 is 5.91 Å². The average Bonchev–Trinajstić information content (AvgIpc) is 2.74. The molecule has 1 aliphatic heterocycles. The summed E-state index contributed by atoms with van der Waals surface area (Å²) in [6.07, 6.45) is 3.86. The van der Waals surface area contributed by atoms with E-state index < -0.39 is 0 Å². The molecule has 4 nitrogen and oxygen atoms in total. The van der Waals surface area contributed by atoms with Gasteiger partial charge in [-0.2, -0.15) is 0 Å². The number of ether oxygens (including phenoxy) is 1. The van der Waals surface area contributed by atoms with E-state index in [4.69, 9.17) is 10.5 Å². The first-order valence-electron chi connectivity index (χ1n) is 6.54. The fourth-order valence-electron chi connectivity index (χ4n) is 2.06. The first kappa shape index (κ1) is 14.5. The van der Waals surface area contributed by atoms with Crippen LogP contribution in [-0.4, -0.2) is 31.2 Å². The predicted molar refractivity (Wildman–Crippen MR) is 68.6 cm³/mol. The molecule has 2 atom stereocenters. The van der Waals surface area contributed by atoms with E-state index in [9.17, 15) is 4.79 Å². The lowest BCUT2D eigenvalue weighted by atomic mass is 9.86. The molecule has 1 aliphatic rings. The monoisotopic (exact) mass is 242 g/mol. The van der Waals surface area contributed by atoms with Gasteiger partial charge < -0.3 is 15.8 Å². The summed E-state index contributed by atoms with van der Waals surface area (Å²) in [7, 11) is 0. The molecule has 0 radical (unpaired) electrons. The molecule has 1 amide bonds. The van der Waals surface area contributed by atoms with E-state index in [0.29, 0.717) is 13.0 Å². The third-order valence-corrected chi connectivity index (χ3v) is 3.33. The number of amides is 1. The summed E-state index contributed by atoms with van der Waals surface area (Å²) in [4.78, 5) is 11.8. The van der Waals surface area contributed by atoms with Gasteiger partial charge in [-0.3, -0.25) is 4.79 Å². The van der Waals surface area contributed by atoms with Crippen LogP contribution in [0.2, 0.25) is 0 Å². The van der Waals surface area contributed by atoms with Gasteiger partial charge in [-0.25, -0.2) is 0 Å². The first-order valence-corrected chi connectivity index (χ1v) is 6.54. The highest BCUT2D eigenvalue weighted by Crippen LogP contribution is 2.19. The first-order chi connectivity index (χ1) is 7.93. The predicted octanol–water partition coefficient (Wildman–Crippen LogP) is 1.44. The van der Waals surface area contributed by atoms with Crippen molar-refractivity contribution < 1.29 is 9.53 Å². The molecule has 0 saturated carbocycles. The van der Waals surface area contributed by atoms with E-state index in [1.807, 2.05) is 0 Å². The summed E-state index contributed by atoms with van der Waals surface area (Å²) in [6, 6.07) is 0.0412. The fourth-order valence-corrected chi connectivity index (χ4v) is 2.06. The van der Waals surface area contributed by atoms with Crippen molar-refractivity contribution in [3.8, 4) is 0 Å². The minimum absolute atomic E-state index is 0.00820. The molecule has 0 bridgehead atoms. The molecule has 4 heteroatoms. The van der Waals surface area contributed by atoms with Gasteiger partial charge in [0.15, 0.2) is 0 Å². The molecule has 0 aliphatic carbocycles. The highest BCUT2D eigenvalue weighted by molar-refractivity contribution is 5.76. The van der Waals surface area contributed by atoms with Crippen molar-refractivity contribution in [3.05, 3.63) is 0 Å². The Kier molecular flexibility index (Phi) is 5.40. The van der Waals surface area contributed by atoms with Gasteiger partial charge in [-0.05, 0) is 24.7 Å². The molecule has 0 aromatic heterocycles. The number of carbonyl (C=O) groups is 1. The van der Waals surface area contributed by atoms with Crippen LogP contribution in [0.4, 0.5) is 0 Å². The smallest absolute Gasteiger partial charge is 0.220 e. The van der Waals surface area contributed by atoms with Gasteiger partial charge in [0, 0.05) is 25.6 Å². The summed E-state index contributed by atoms with van der Waals surface area (Å²) in [6.45, 7) is 7.59. The molecule has 2 unspecified atom stereocenters. The van der Waals surface area contributed by atoms with E-state index in [0.717, 1.165) is 25.9 Å². The van der Waals surface area contributed by atoms with Gasteiger partial charge in [0.05, 0.1) is 6.10 Å². The number of hydrogen-bond acceptors (Lipinski definition) is 3. The molecule has 1 rings (SSSR count). The van der Waals surface area contributed by atoms with Crippen molar-refractivity contribution in [1.82, 2.24) is 5.32 Å². The van der Waals surface area contributed by atoms with Gasteiger partial charge in [-0.1, -0.05) is 20.8 Å². The zero-order valence-electron chi connectivity index (χ0n) is 11.3. The maximum atomic E-state index is 11.8. The molecule has 17 heavy (non-hydrogen) atoms. The Labute approximate surface area is 104 Å². The molecule has 1 heterocycles. The number of nitrogens with one attached hydrogen (secondary N) is 1. The SMILES string of the molecule is CC(C)(C)C(CN)NC(=O)CCC1CCCO1. The van der Waals surface area contributed by atoms with Gasteiger partial charge in [0.1, 0.15) is 0 Å². The Morgan fingerprint density at radius 3 is 2.71 bits per heavy atom. The Balaban J connectivity index is 2.27. The summed E-state index contributed by atoms with van der Waals surface area (Å²) >= 11 is 0. The molecular weight excluding hydrogens is 216 g/mol. The lowest BCUT2D eigenvalue weighted by Gasteiger charge is -2.30. The van der Waals surface area contributed by atoms with E-state index in [-0.39, 0.29) is 23.5 Å². The van der Waals surface area contributed by atoms with Crippen molar-refractivity contribution in [2.24, 2.45) is 11.1 Å². The lowest BCUT2D eigenvalue weighted by Crippen LogP contribution is -2.48. The second kappa shape index (κ2) is 6.36. The van der Waals surface area contributed by atoms with Crippen LogP contribution in [-0.2, 0) is 9.53 Å². The van der Waals surface area contributed by atoms with E-state index >= 15 is 0 Å². The van der Waals surface area contributed by atoms with Gasteiger partial charge >= 0.3 is 0 Å². The van der Waals surface area contributed by atoms with Crippen molar-refractivity contribution in [2.45, 2.75) is 58.6 Å². The van der Waals surface area contributed by atoms with Crippen LogP contribution in [0.3, 0.4) is 0 Å². The van der Waals surface area contributed by atoms with Gasteiger partial charge in [0.2, 0.25) is 5.91 Å². The van der Waals surface area contributed by atoms with Crippen LogP contribution >= 0.6 is 0 Å². The maximum absolute atomic E-state index is 11.8. The van der Waals surface area contributed by atoms with Crippen molar-refractivity contribution in [1.29, 1.82) is 0 Å². The Morgan fingerprint density at radius 2 is 2.24 bits per heavy atom. The Bertz CT molecular complexity index is 242. The number of rotatable bonds is 5. The highest BCUT2D eigenvalue weighted by atomic mass is 16.5. The standard InChI is InChI=1S/C13H26N2O2/c1-13(2,3)11(9-14)15-12(16)7-6-10-5-4-8-17-10/h10-11H,4-9,14H2,1-3H3,(H,15,16). The summed E-state index contributed by atoms with van der Waals surface area (Å²) in [5.74, 6) is 0.0888. The molecule has 100 valence electrons. The minimum Gasteiger partial charge on any atom is -0.378 e. The summed E-state index contributed by atoms with van der Waals surface area (Å²) in [5, 5.41) is 3.01. The summed E-state index contributed by atoms with van der Waals surface area (Å²) in [5.41, 5.74) is 5.69. The van der Waals surface area contributed by atoms with Crippen molar-refractivity contribution in [3.63, 3.8) is 0 Å². The van der Waals surface area contributed by atoms with Crippen LogP contribution in [0.25, 0.3) is 0 Å². The lowest BCUT2D eigenvalue weighted by molar-refractivity contribution is -0.123. The maximum Gasteiger partial charge on any atom is 0.220 e. The van der Waals surface area contributed by atoms with Crippen LogP contribution in [0.15, 0.2) is 0 Å². The van der Waals surface area contributed by atoms with Crippen LogP contribution in [0, 0.1) is 5.41 Å². The number of nitrogens with two attached hydrogens (primary N) is 1. The van der Waals surface area contributed by atoms with E-state index in [1.165, 1.54) is 0 Å². The topological polar surface area (TPSA) is 64.3 Å². The zero-order valence-corrected chi connectivity index (χ0v) is 11.3. The molecule has 0 aromatic rings. The second-order valence-electron chi connectivity index (χ2n) is 5.90. The number of carbonyl (C=O) groups excluding carboxylic acids is 1. The van der Waals surface area contributed by atoms with Crippen LogP contribution in [0.5, 0.6) is 0 Å². The van der Waals surface area contributed by atoms with Crippen LogP contribution in [0.1, 0.15) is 46.5 Å². The molecule has 1 fully saturated rings. The Hall–Kier alpha value is -0.610. The average molecular weight is 242 g/mol. The second-order valence-corrected chi connectivity index (χ2v) is 5.90. The molecular formula is C13H26N2O2. The third kappa shape index (κ3) is 5.04. The minimum atomic E-state index is 0.00820. The van der Waals surface area contributed by atoms with Crippen LogP contribution < -0.4 is 11.1 Å². The van der Waals surface area contributed by atoms with Gasteiger partial charge in [0.25, 0.3) is 0 Å². The number of hydrogen-bond donors (Lipinski definition) is 2. The molecule has 1 saturated heterocycles. The third-order valence-electron chi connectivity index (χ3n) is 3.33. The molecule has 3 N–H and O–H groups in total. The molecule has 0 spiro atoms. The van der Waals surface area contributed by atoms with E-state index in [1.54, 1.807) is 0 Å².